The zero-order valence-electron chi connectivity index (χ0n) is 38.0. The number of fused-ring (bicyclic) bond motifs is 3. The van der Waals surface area contributed by atoms with Crippen molar-refractivity contribution in [3.63, 3.8) is 0 Å². The maximum atomic E-state index is 8.77. The second kappa shape index (κ2) is 15.2. The van der Waals surface area contributed by atoms with E-state index in [1.54, 1.807) is 6.07 Å². The van der Waals surface area contributed by atoms with Crippen molar-refractivity contribution in [1.82, 2.24) is 19.9 Å². The zero-order valence-corrected chi connectivity index (χ0v) is 35.0. The maximum absolute atomic E-state index is 8.77. The summed E-state index contributed by atoms with van der Waals surface area (Å²) in [6, 6.07) is 41.6. The van der Waals surface area contributed by atoms with Crippen LogP contribution in [-0.2, 0) is 19.3 Å². The Bertz CT molecular complexity index is 2860. The van der Waals surface area contributed by atoms with Crippen LogP contribution in [0.1, 0.15) is 89.8 Å². The second-order valence-electron chi connectivity index (χ2n) is 19.2. The summed E-state index contributed by atoms with van der Waals surface area (Å²) in [6.07, 6.45) is 19.6. The molecule has 0 aliphatic heterocycles. The number of aromatic nitrogens is 4. The first kappa shape index (κ1) is 34.7. The minimum Gasteiger partial charge on any atom is -0.437 e. The fourth-order valence-corrected chi connectivity index (χ4v) is 12.6. The standard InChI is InChI=1S/C56H54N4O/c1-38-28-51(48-15-9-14-46-47-19-16-39(2)60-53(47)61-52(46)48)59-34-45(38)24-27-56-31-42-29-54(36-56,25-22-40-17-20-49(57-32-40)43-10-5-3-6-11-43)35-55(30-42,37-56)26-23-41-18-21-50(58-33-41)44-12-7-4-8-13-44/h3-21,28,32-34,42H,22-27,29-31,35-37H2,1-2H3/i1D3. The van der Waals surface area contributed by atoms with Crippen molar-refractivity contribution in [2.75, 3.05) is 0 Å². The number of benzene rings is 3. The lowest BCUT2D eigenvalue weighted by Gasteiger charge is -2.67. The van der Waals surface area contributed by atoms with Crippen molar-refractivity contribution in [2.24, 2.45) is 22.2 Å². The van der Waals surface area contributed by atoms with E-state index in [-0.39, 0.29) is 16.2 Å². The molecule has 4 aliphatic carbocycles. The van der Waals surface area contributed by atoms with Gasteiger partial charge in [0.15, 0.2) is 0 Å². The quantitative estimate of drug-likeness (QED) is 0.123. The number of pyridine rings is 4. The Morgan fingerprint density at radius 2 is 1.18 bits per heavy atom. The Balaban J connectivity index is 0.879. The van der Waals surface area contributed by atoms with E-state index in [9.17, 15) is 0 Å². The summed E-state index contributed by atoms with van der Waals surface area (Å²) in [7, 11) is 0. The molecular weight excluding hydrogens is 745 g/mol. The van der Waals surface area contributed by atoms with Crippen LogP contribution in [0.2, 0.25) is 0 Å². The van der Waals surface area contributed by atoms with E-state index in [1.807, 2.05) is 55.6 Å². The molecule has 4 fully saturated rings. The van der Waals surface area contributed by atoms with E-state index < -0.39 is 6.85 Å². The SMILES string of the molecule is [2H]C([2H])([2H])c1cc(-c2cccc3c2oc2nc(C)ccc23)ncc1CCC12CC3CC(CCc4ccc(-c5ccccc5)nc4)(CC(CCc4ccc(-c5ccccc5)nc4)(C3)C1)C2. The van der Waals surface area contributed by atoms with Gasteiger partial charge in [-0.3, -0.25) is 15.0 Å². The molecule has 0 saturated heterocycles. The van der Waals surface area contributed by atoms with E-state index in [0.29, 0.717) is 34.9 Å². The van der Waals surface area contributed by atoms with Crippen molar-refractivity contribution in [3.05, 3.63) is 168 Å². The van der Waals surface area contributed by atoms with E-state index >= 15 is 0 Å². The lowest BCUT2D eigenvalue weighted by atomic mass is 9.37. The summed E-state index contributed by atoms with van der Waals surface area (Å²) < 4.78 is 32.6. The highest BCUT2D eigenvalue weighted by Gasteiger charge is 2.62. The predicted molar refractivity (Wildman–Crippen MR) is 247 cm³/mol. The molecule has 3 aromatic carbocycles. The Morgan fingerprint density at radius 1 is 0.590 bits per heavy atom. The van der Waals surface area contributed by atoms with Gasteiger partial charge in [0.1, 0.15) is 5.58 Å². The van der Waals surface area contributed by atoms with Gasteiger partial charge in [-0.1, -0.05) is 84.9 Å². The highest BCUT2D eigenvalue weighted by atomic mass is 16.3. The van der Waals surface area contributed by atoms with Crippen molar-refractivity contribution in [1.29, 1.82) is 0 Å². The van der Waals surface area contributed by atoms with E-state index in [4.69, 9.17) is 23.5 Å². The summed E-state index contributed by atoms with van der Waals surface area (Å²) in [5, 5.41) is 1.89. The zero-order chi connectivity index (χ0) is 43.5. The topological polar surface area (TPSA) is 64.7 Å². The largest absolute Gasteiger partial charge is 0.437 e. The first-order chi connectivity index (χ1) is 31.0. The van der Waals surface area contributed by atoms with Crippen LogP contribution < -0.4 is 0 Å². The van der Waals surface area contributed by atoms with Gasteiger partial charge >= 0.3 is 0 Å². The average Bonchev–Trinajstić information content (AvgIpc) is 3.68. The number of hydrogen-bond acceptors (Lipinski definition) is 5. The average molecular weight is 802 g/mol. The first-order valence-electron chi connectivity index (χ1n) is 23.8. The Hall–Kier alpha value is -5.94. The van der Waals surface area contributed by atoms with Gasteiger partial charge in [-0.05, 0) is 172 Å². The van der Waals surface area contributed by atoms with Crippen molar-refractivity contribution in [3.8, 4) is 33.8 Å². The molecule has 0 amide bonds. The van der Waals surface area contributed by atoms with Crippen LogP contribution in [0.4, 0.5) is 0 Å². The molecule has 4 saturated carbocycles. The molecule has 4 bridgehead atoms. The molecule has 5 nitrogen and oxygen atoms in total. The molecule has 12 rings (SSSR count). The number of para-hydroxylation sites is 1. The minimum atomic E-state index is -2.29. The molecular formula is C56H54N4O. The molecule has 2 unspecified atom stereocenters. The number of rotatable bonds is 12. The highest BCUT2D eigenvalue weighted by molar-refractivity contribution is 6.08. The molecule has 0 spiro atoms. The highest BCUT2D eigenvalue weighted by Crippen LogP contribution is 2.73. The molecule has 5 heteroatoms. The number of furan rings is 1. The van der Waals surface area contributed by atoms with Crippen LogP contribution in [0.15, 0.2) is 144 Å². The smallest absolute Gasteiger partial charge is 0.227 e. The van der Waals surface area contributed by atoms with Crippen LogP contribution in [0.3, 0.4) is 0 Å². The summed E-state index contributed by atoms with van der Waals surface area (Å²) in [6.45, 7) is -0.335. The van der Waals surface area contributed by atoms with Gasteiger partial charge in [0.2, 0.25) is 5.71 Å². The fourth-order valence-electron chi connectivity index (χ4n) is 12.6. The monoisotopic (exact) mass is 801 g/mol. The fraction of sp³-hybridized carbons (Fsp3) is 0.321. The maximum Gasteiger partial charge on any atom is 0.227 e. The van der Waals surface area contributed by atoms with Crippen molar-refractivity contribution >= 4 is 22.1 Å². The third-order valence-corrected chi connectivity index (χ3v) is 14.8. The van der Waals surface area contributed by atoms with Crippen molar-refractivity contribution in [2.45, 2.75) is 90.8 Å². The number of nitrogens with zero attached hydrogens (tertiary/aromatic N) is 4. The molecule has 0 N–H and O–H groups in total. The van der Waals surface area contributed by atoms with Gasteiger partial charge < -0.3 is 4.42 Å². The lowest BCUT2D eigenvalue weighted by Crippen LogP contribution is -2.57. The second-order valence-corrected chi connectivity index (χ2v) is 19.2. The van der Waals surface area contributed by atoms with Crippen LogP contribution >= 0.6 is 0 Å². The lowest BCUT2D eigenvalue weighted by molar-refractivity contribution is -0.166. The molecule has 304 valence electrons. The predicted octanol–water partition coefficient (Wildman–Crippen LogP) is 13.9. The van der Waals surface area contributed by atoms with Gasteiger partial charge in [0.25, 0.3) is 0 Å². The summed E-state index contributed by atoms with van der Waals surface area (Å²) in [5.41, 5.74) is 12.4. The van der Waals surface area contributed by atoms with E-state index in [0.717, 1.165) is 82.2 Å². The summed E-state index contributed by atoms with van der Waals surface area (Å²) >= 11 is 0. The molecule has 8 aromatic rings. The van der Waals surface area contributed by atoms with Gasteiger partial charge in [-0.15, -0.1) is 0 Å². The van der Waals surface area contributed by atoms with E-state index in [1.165, 1.54) is 49.7 Å². The van der Waals surface area contributed by atoms with Gasteiger partial charge in [-0.2, -0.15) is 0 Å². The summed E-state index contributed by atoms with van der Waals surface area (Å²) in [5.74, 6) is 0.679. The Kier molecular flexibility index (Phi) is 8.66. The Labute approximate surface area is 364 Å². The third kappa shape index (κ3) is 7.36. The summed E-state index contributed by atoms with van der Waals surface area (Å²) in [4.78, 5) is 19.4. The van der Waals surface area contributed by atoms with Gasteiger partial charge in [0.05, 0.1) is 17.1 Å². The van der Waals surface area contributed by atoms with E-state index in [2.05, 4.69) is 90.2 Å². The molecule has 5 heterocycles. The molecule has 4 aliphatic rings. The molecule has 0 radical (unpaired) electrons. The van der Waals surface area contributed by atoms with Crippen molar-refractivity contribution < 1.29 is 8.53 Å². The molecule has 61 heavy (non-hydrogen) atoms. The van der Waals surface area contributed by atoms with Crippen LogP contribution in [-0.4, -0.2) is 19.9 Å². The van der Waals surface area contributed by atoms with Crippen LogP contribution in [0.25, 0.3) is 55.8 Å². The Morgan fingerprint density at radius 3 is 1.75 bits per heavy atom. The first-order valence-corrected chi connectivity index (χ1v) is 22.3. The molecule has 2 atom stereocenters. The van der Waals surface area contributed by atoms with Gasteiger partial charge in [0, 0.05) is 55.9 Å². The minimum absolute atomic E-state index is 0.153. The van der Waals surface area contributed by atoms with Crippen LogP contribution in [0, 0.1) is 35.9 Å². The van der Waals surface area contributed by atoms with Crippen LogP contribution in [0.5, 0.6) is 0 Å². The van der Waals surface area contributed by atoms with Gasteiger partial charge in [-0.25, -0.2) is 4.98 Å². The number of aryl methyl sites for hydroxylation is 5. The normalized spacial score (nSPS) is 23.9. The third-order valence-electron chi connectivity index (χ3n) is 14.8. The molecule has 5 aromatic heterocycles. The number of hydrogen-bond donors (Lipinski definition) is 0.